The van der Waals surface area contributed by atoms with Gasteiger partial charge in [0.15, 0.2) is 0 Å². The van der Waals surface area contributed by atoms with Gasteiger partial charge in [0.25, 0.3) is 0 Å². The molecular formula is C13H22. The molecule has 0 fully saturated rings. The van der Waals surface area contributed by atoms with Crippen LogP contribution in [-0.2, 0) is 0 Å². The molecule has 0 rings (SSSR count). The third-order valence-corrected chi connectivity index (χ3v) is 1.84. The molecular weight excluding hydrogens is 156 g/mol. The van der Waals surface area contributed by atoms with Crippen molar-refractivity contribution in [1.29, 1.82) is 0 Å². The topological polar surface area (TPSA) is 0 Å². The lowest BCUT2D eigenvalue weighted by Gasteiger charge is -2.00. The fraction of sp³-hybridized carbons (Fsp3) is 0.538. The lowest BCUT2D eigenvalue weighted by molar-refractivity contribution is 0.593. The van der Waals surface area contributed by atoms with E-state index in [1.807, 2.05) is 6.92 Å². The van der Waals surface area contributed by atoms with Gasteiger partial charge in [-0.2, -0.15) is 0 Å². The van der Waals surface area contributed by atoms with Crippen molar-refractivity contribution in [1.82, 2.24) is 0 Å². The summed E-state index contributed by atoms with van der Waals surface area (Å²) >= 11 is 0. The van der Waals surface area contributed by atoms with Crippen molar-refractivity contribution >= 4 is 0 Å². The quantitative estimate of drug-likeness (QED) is 0.544. The fourth-order valence-corrected chi connectivity index (χ4v) is 0.986. The first kappa shape index (κ1) is 12.2. The van der Waals surface area contributed by atoms with Gasteiger partial charge < -0.3 is 0 Å². The van der Waals surface area contributed by atoms with Crippen molar-refractivity contribution in [2.75, 3.05) is 0 Å². The summed E-state index contributed by atoms with van der Waals surface area (Å²) < 4.78 is 0. The van der Waals surface area contributed by atoms with Crippen LogP contribution >= 0.6 is 0 Å². The van der Waals surface area contributed by atoms with Crippen LogP contribution in [0.2, 0.25) is 0 Å². The van der Waals surface area contributed by atoms with Gasteiger partial charge in [0.1, 0.15) is 0 Å². The summed E-state index contributed by atoms with van der Waals surface area (Å²) in [5.41, 5.74) is 2.44. The molecule has 0 aliphatic heterocycles. The second-order valence-electron chi connectivity index (χ2n) is 4.10. The highest BCUT2D eigenvalue weighted by Gasteiger charge is 1.90. The molecule has 0 aliphatic carbocycles. The lowest BCUT2D eigenvalue weighted by Crippen LogP contribution is -1.84. The smallest absolute Gasteiger partial charge is 0.0343 e. The van der Waals surface area contributed by atoms with Gasteiger partial charge in [-0.05, 0) is 32.6 Å². The normalized spacial score (nSPS) is 12.8. The Kier molecular flexibility index (Phi) is 6.30. The zero-order valence-corrected chi connectivity index (χ0v) is 9.43. The Morgan fingerprint density at radius 3 is 2.31 bits per heavy atom. The Hall–Kier alpha value is -0.780. The van der Waals surface area contributed by atoms with E-state index in [1.165, 1.54) is 18.4 Å². The first-order chi connectivity index (χ1) is 6.02. The maximum Gasteiger partial charge on any atom is -0.0343 e. The van der Waals surface area contributed by atoms with Crippen molar-refractivity contribution < 1.29 is 0 Å². The Labute approximate surface area is 83.0 Å². The second kappa shape index (κ2) is 6.71. The second-order valence-corrected chi connectivity index (χ2v) is 4.10. The summed E-state index contributed by atoms with van der Waals surface area (Å²) in [6.45, 7) is 12.5. The molecule has 0 saturated heterocycles. The summed E-state index contributed by atoms with van der Waals surface area (Å²) in [6, 6.07) is 0. The van der Waals surface area contributed by atoms with Gasteiger partial charge in [0, 0.05) is 0 Å². The molecule has 0 unspecified atom stereocenters. The molecule has 0 amide bonds. The molecule has 74 valence electrons. The van der Waals surface area contributed by atoms with Gasteiger partial charge >= 0.3 is 0 Å². The van der Waals surface area contributed by atoms with Gasteiger partial charge in [-0.3, -0.25) is 0 Å². The highest BCUT2D eigenvalue weighted by atomic mass is 14.0. The van der Waals surface area contributed by atoms with Crippen LogP contribution in [0.3, 0.4) is 0 Å². The zero-order chi connectivity index (χ0) is 10.3. The van der Waals surface area contributed by atoms with E-state index in [0.717, 1.165) is 11.5 Å². The number of allylic oxidation sites excluding steroid dienone is 5. The Morgan fingerprint density at radius 1 is 1.23 bits per heavy atom. The maximum atomic E-state index is 3.82. The van der Waals surface area contributed by atoms with Crippen LogP contribution in [-0.4, -0.2) is 0 Å². The average Bonchev–Trinajstić information content (AvgIpc) is 2.00. The maximum absolute atomic E-state index is 3.82. The minimum atomic E-state index is 0.800. The van der Waals surface area contributed by atoms with Gasteiger partial charge in [-0.15, -0.1) is 0 Å². The van der Waals surface area contributed by atoms with Crippen molar-refractivity contribution in [2.24, 2.45) is 5.92 Å². The molecule has 13 heavy (non-hydrogen) atoms. The van der Waals surface area contributed by atoms with Crippen molar-refractivity contribution in [3.8, 4) is 0 Å². The largest absolute Gasteiger partial charge is 0.0961 e. The fourth-order valence-electron chi connectivity index (χ4n) is 0.986. The highest BCUT2D eigenvalue weighted by molar-refractivity contribution is 5.23. The number of hydrogen-bond acceptors (Lipinski definition) is 0. The molecule has 0 aromatic heterocycles. The van der Waals surface area contributed by atoms with Crippen molar-refractivity contribution in [3.63, 3.8) is 0 Å². The molecule has 0 radical (unpaired) electrons. The summed E-state index contributed by atoms with van der Waals surface area (Å²) in [4.78, 5) is 0. The predicted molar refractivity (Wildman–Crippen MR) is 61.8 cm³/mol. The molecule has 0 bridgehead atoms. The van der Waals surface area contributed by atoms with Gasteiger partial charge in [0.2, 0.25) is 0 Å². The molecule has 0 aliphatic rings. The Morgan fingerprint density at radius 2 is 1.85 bits per heavy atom. The predicted octanol–water partition coefficient (Wildman–Crippen LogP) is 4.50. The number of rotatable bonds is 5. The van der Waals surface area contributed by atoms with Crippen LogP contribution in [0.4, 0.5) is 0 Å². The Balaban J connectivity index is 3.82. The molecule has 0 spiro atoms. The molecule has 0 heteroatoms. The highest BCUT2D eigenvalue weighted by Crippen LogP contribution is 2.07. The molecule has 0 aromatic rings. The number of hydrogen-bond donors (Lipinski definition) is 0. The SMILES string of the molecule is C=C(C)C=CC(C)=CCCC(C)C. The first-order valence-electron chi connectivity index (χ1n) is 5.02. The van der Waals surface area contributed by atoms with Gasteiger partial charge in [-0.25, -0.2) is 0 Å². The monoisotopic (exact) mass is 178 g/mol. The third kappa shape index (κ3) is 9.13. The summed E-state index contributed by atoms with van der Waals surface area (Å²) in [5.74, 6) is 0.800. The van der Waals surface area contributed by atoms with Gasteiger partial charge in [-0.1, -0.05) is 49.8 Å². The van der Waals surface area contributed by atoms with Crippen LogP contribution in [0.15, 0.2) is 36.0 Å². The summed E-state index contributed by atoms with van der Waals surface area (Å²) in [5, 5.41) is 0. The van der Waals surface area contributed by atoms with E-state index in [2.05, 4.69) is 45.6 Å². The molecule has 0 atom stereocenters. The van der Waals surface area contributed by atoms with Crippen LogP contribution in [0.25, 0.3) is 0 Å². The summed E-state index contributed by atoms with van der Waals surface area (Å²) in [6.07, 6.45) is 8.94. The molecule has 0 heterocycles. The summed E-state index contributed by atoms with van der Waals surface area (Å²) in [7, 11) is 0. The third-order valence-electron chi connectivity index (χ3n) is 1.84. The van der Waals surface area contributed by atoms with Crippen molar-refractivity contribution in [3.05, 3.63) is 36.0 Å². The standard InChI is InChI=1S/C13H22/c1-11(2)7-6-8-13(5)10-9-12(3)4/h8-11H,3,6-7H2,1-2,4-5H3. The van der Waals surface area contributed by atoms with E-state index in [-0.39, 0.29) is 0 Å². The zero-order valence-electron chi connectivity index (χ0n) is 9.43. The van der Waals surface area contributed by atoms with E-state index < -0.39 is 0 Å². The van der Waals surface area contributed by atoms with Crippen molar-refractivity contribution in [2.45, 2.75) is 40.5 Å². The first-order valence-corrected chi connectivity index (χ1v) is 5.02. The van der Waals surface area contributed by atoms with E-state index in [9.17, 15) is 0 Å². The Bertz CT molecular complexity index is 204. The average molecular weight is 178 g/mol. The van der Waals surface area contributed by atoms with E-state index in [0.29, 0.717) is 0 Å². The molecule has 0 aromatic carbocycles. The van der Waals surface area contributed by atoms with Crippen LogP contribution in [0, 0.1) is 5.92 Å². The molecule has 0 nitrogen and oxygen atoms in total. The van der Waals surface area contributed by atoms with Gasteiger partial charge in [0.05, 0.1) is 0 Å². The minimum absolute atomic E-state index is 0.800. The van der Waals surface area contributed by atoms with Crippen LogP contribution in [0.5, 0.6) is 0 Å². The van der Waals surface area contributed by atoms with Crippen LogP contribution in [0.1, 0.15) is 40.5 Å². The minimum Gasteiger partial charge on any atom is -0.0961 e. The molecule has 0 N–H and O–H groups in total. The van der Waals surface area contributed by atoms with E-state index in [4.69, 9.17) is 0 Å². The van der Waals surface area contributed by atoms with E-state index in [1.54, 1.807) is 0 Å². The van der Waals surface area contributed by atoms with Crippen LogP contribution < -0.4 is 0 Å². The lowest BCUT2D eigenvalue weighted by atomic mass is 10.1. The van der Waals surface area contributed by atoms with E-state index >= 15 is 0 Å². The molecule has 0 saturated carbocycles.